The van der Waals surface area contributed by atoms with E-state index in [-0.39, 0.29) is 6.03 Å². The smallest absolute Gasteiger partial charge is 0.317 e. The van der Waals surface area contributed by atoms with E-state index >= 15 is 0 Å². The van der Waals surface area contributed by atoms with E-state index in [2.05, 4.69) is 5.32 Å². The van der Waals surface area contributed by atoms with Crippen LogP contribution in [0.2, 0.25) is 0 Å². The number of amides is 2. The molecule has 0 bridgehead atoms. The molecule has 2 amide bonds. The summed E-state index contributed by atoms with van der Waals surface area (Å²) in [6.45, 7) is 3.88. The van der Waals surface area contributed by atoms with E-state index in [0.717, 1.165) is 19.4 Å². The highest BCUT2D eigenvalue weighted by atomic mass is 16.2. The van der Waals surface area contributed by atoms with Crippen LogP contribution in [0.1, 0.15) is 26.2 Å². The van der Waals surface area contributed by atoms with Gasteiger partial charge < -0.3 is 16.0 Å². The number of carbonyl (C=O) groups excluding carboxylic acids is 1. The number of rotatable bonds is 4. The molecule has 0 aromatic rings. The zero-order valence-corrected chi connectivity index (χ0v) is 8.25. The lowest BCUT2D eigenvalue weighted by Gasteiger charge is -2.30. The molecular weight excluding hydrogens is 166 g/mol. The average molecular weight is 185 g/mol. The zero-order valence-electron chi connectivity index (χ0n) is 8.25. The van der Waals surface area contributed by atoms with E-state index in [0.29, 0.717) is 19.1 Å². The Kier molecular flexibility index (Phi) is 4.02. The normalized spacial score (nSPS) is 16.5. The molecule has 0 unspecified atom stereocenters. The number of urea groups is 1. The first-order valence-corrected chi connectivity index (χ1v) is 5.03. The van der Waals surface area contributed by atoms with E-state index in [9.17, 15) is 4.79 Å². The van der Waals surface area contributed by atoms with Gasteiger partial charge in [-0.2, -0.15) is 0 Å². The summed E-state index contributed by atoms with van der Waals surface area (Å²) in [7, 11) is 0. The lowest BCUT2D eigenvalue weighted by molar-refractivity contribution is 0.190. The van der Waals surface area contributed by atoms with Crippen molar-refractivity contribution in [1.82, 2.24) is 10.2 Å². The highest BCUT2D eigenvalue weighted by Crippen LogP contribution is 2.18. The fourth-order valence-electron chi connectivity index (χ4n) is 1.38. The SMILES string of the molecule is CCN(CCN)C(=O)NC1CCC1. The largest absolute Gasteiger partial charge is 0.335 e. The summed E-state index contributed by atoms with van der Waals surface area (Å²) in [5, 5.41) is 2.98. The fraction of sp³-hybridized carbons (Fsp3) is 0.889. The number of hydrogen-bond donors (Lipinski definition) is 2. The Hall–Kier alpha value is -0.770. The van der Waals surface area contributed by atoms with Crippen LogP contribution < -0.4 is 11.1 Å². The van der Waals surface area contributed by atoms with Crippen LogP contribution >= 0.6 is 0 Å². The lowest BCUT2D eigenvalue weighted by atomic mass is 9.93. The van der Waals surface area contributed by atoms with Crippen molar-refractivity contribution in [1.29, 1.82) is 0 Å². The Labute approximate surface area is 79.5 Å². The maximum atomic E-state index is 11.5. The molecule has 0 aromatic heterocycles. The lowest BCUT2D eigenvalue weighted by Crippen LogP contribution is -2.48. The summed E-state index contributed by atoms with van der Waals surface area (Å²) in [5.74, 6) is 0. The van der Waals surface area contributed by atoms with Crippen molar-refractivity contribution in [2.24, 2.45) is 5.73 Å². The van der Waals surface area contributed by atoms with Gasteiger partial charge in [-0.15, -0.1) is 0 Å². The molecule has 0 aliphatic heterocycles. The molecule has 1 aliphatic carbocycles. The first kappa shape index (κ1) is 10.3. The van der Waals surface area contributed by atoms with Gasteiger partial charge in [-0.1, -0.05) is 0 Å². The molecule has 4 nitrogen and oxygen atoms in total. The monoisotopic (exact) mass is 185 g/mol. The molecule has 3 N–H and O–H groups in total. The first-order chi connectivity index (χ1) is 6.27. The Bertz CT molecular complexity index is 168. The Morgan fingerprint density at radius 3 is 2.69 bits per heavy atom. The first-order valence-electron chi connectivity index (χ1n) is 5.03. The Morgan fingerprint density at radius 2 is 2.31 bits per heavy atom. The second-order valence-corrected chi connectivity index (χ2v) is 3.45. The predicted octanol–water partition coefficient (Wildman–Crippen LogP) is 0.529. The third kappa shape index (κ3) is 2.88. The second kappa shape index (κ2) is 5.07. The van der Waals surface area contributed by atoms with Crippen molar-refractivity contribution in [2.45, 2.75) is 32.2 Å². The van der Waals surface area contributed by atoms with Gasteiger partial charge in [0.1, 0.15) is 0 Å². The van der Waals surface area contributed by atoms with Crippen LogP contribution in [0.15, 0.2) is 0 Å². The minimum Gasteiger partial charge on any atom is -0.335 e. The number of carbonyl (C=O) groups is 1. The molecular formula is C9H19N3O. The van der Waals surface area contributed by atoms with Gasteiger partial charge in [-0.3, -0.25) is 0 Å². The maximum absolute atomic E-state index is 11.5. The van der Waals surface area contributed by atoms with Crippen LogP contribution in [-0.2, 0) is 0 Å². The van der Waals surface area contributed by atoms with E-state index in [1.54, 1.807) is 4.90 Å². The van der Waals surface area contributed by atoms with Crippen LogP contribution in [0.4, 0.5) is 4.79 Å². The molecule has 0 radical (unpaired) electrons. The van der Waals surface area contributed by atoms with Crippen LogP contribution in [0.25, 0.3) is 0 Å². The Balaban J connectivity index is 2.25. The third-order valence-corrected chi connectivity index (χ3v) is 2.50. The standard InChI is InChI=1S/C9H19N3O/c1-2-12(7-6-10)9(13)11-8-4-3-5-8/h8H,2-7,10H2,1H3,(H,11,13). The van der Waals surface area contributed by atoms with Crippen molar-refractivity contribution in [3.05, 3.63) is 0 Å². The minimum atomic E-state index is 0.0395. The summed E-state index contributed by atoms with van der Waals surface area (Å²) in [6.07, 6.45) is 3.51. The van der Waals surface area contributed by atoms with Crippen molar-refractivity contribution in [2.75, 3.05) is 19.6 Å². The molecule has 1 rings (SSSR count). The van der Waals surface area contributed by atoms with Crippen molar-refractivity contribution < 1.29 is 4.79 Å². The van der Waals surface area contributed by atoms with Crippen molar-refractivity contribution in [3.8, 4) is 0 Å². The minimum absolute atomic E-state index is 0.0395. The van der Waals surface area contributed by atoms with Gasteiger partial charge in [0.2, 0.25) is 0 Å². The molecule has 4 heteroatoms. The van der Waals surface area contributed by atoms with Gasteiger partial charge in [-0.25, -0.2) is 4.79 Å². The highest BCUT2D eigenvalue weighted by Gasteiger charge is 2.21. The van der Waals surface area contributed by atoms with Crippen LogP contribution in [-0.4, -0.2) is 36.6 Å². The molecule has 0 aromatic carbocycles. The average Bonchev–Trinajstić information content (AvgIpc) is 2.07. The molecule has 0 heterocycles. The van der Waals surface area contributed by atoms with E-state index in [1.807, 2.05) is 6.92 Å². The quantitative estimate of drug-likeness (QED) is 0.671. The predicted molar refractivity (Wildman–Crippen MR) is 52.5 cm³/mol. The number of nitrogens with zero attached hydrogens (tertiary/aromatic N) is 1. The van der Waals surface area contributed by atoms with Crippen LogP contribution in [0.5, 0.6) is 0 Å². The zero-order chi connectivity index (χ0) is 9.68. The van der Waals surface area contributed by atoms with Gasteiger partial charge in [0.05, 0.1) is 0 Å². The Morgan fingerprint density at radius 1 is 1.62 bits per heavy atom. The van der Waals surface area contributed by atoms with Crippen LogP contribution in [0.3, 0.4) is 0 Å². The van der Waals surface area contributed by atoms with E-state index < -0.39 is 0 Å². The van der Waals surface area contributed by atoms with Gasteiger partial charge in [0, 0.05) is 25.7 Å². The van der Waals surface area contributed by atoms with Gasteiger partial charge in [0.25, 0.3) is 0 Å². The fourth-order valence-corrected chi connectivity index (χ4v) is 1.38. The van der Waals surface area contributed by atoms with Crippen molar-refractivity contribution >= 4 is 6.03 Å². The van der Waals surface area contributed by atoms with Crippen LogP contribution in [0, 0.1) is 0 Å². The second-order valence-electron chi connectivity index (χ2n) is 3.45. The topological polar surface area (TPSA) is 58.4 Å². The third-order valence-electron chi connectivity index (χ3n) is 2.50. The molecule has 0 spiro atoms. The summed E-state index contributed by atoms with van der Waals surface area (Å²) in [6, 6.07) is 0.456. The summed E-state index contributed by atoms with van der Waals surface area (Å²) in [5.41, 5.74) is 5.40. The van der Waals surface area contributed by atoms with Gasteiger partial charge in [-0.05, 0) is 26.2 Å². The molecule has 13 heavy (non-hydrogen) atoms. The van der Waals surface area contributed by atoms with Crippen molar-refractivity contribution in [3.63, 3.8) is 0 Å². The molecule has 76 valence electrons. The summed E-state index contributed by atoms with van der Waals surface area (Å²) >= 11 is 0. The number of nitrogens with one attached hydrogen (secondary N) is 1. The van der Waals surface area contributed by atoms with Gasteiger partial charge in [0.15, 0.2) is 0 Å². The molecule has 1 aliphatic rings. The van der Waals surface area contributed by atoms with Gasteiger partial charge >= 0.3 is 6.03 Å². The molecule has 0 atom stereocenters. The molecule has 1 saturated carbocycles. The number of likely N-dealkylation sites (N-methyl/N-ethyl adjacent to an activating group) is 1. The number of nitrogens with two attached hydrogens (primary N) is 1. The maximum Gasteiger partial charge on any atom is 0.317 e. The van der Waals surface area contributed by atoms with E-state index in [1.165, 1.54) is 6.42 Å². The summed E-state index contributed by atoms with van der Waals surface area (Å²) < 4.78 is 0. The highest BCUT2D eigenvalue weighted by molar-refractivity contribution is 5.74. The summed E-state index contributed by atoms with van der Waals surface area (Å²) in [4.78, 5) is 13.3. The molecule has 0 saturated heterocycles. The molecule has 1 fully saturated rings. The van der Waals surface area contributed by atoms with E-state index in [4.69, 9.17) is 5.73 Å². The number of hydrogen-bond acceptors (Lipinski definition) is 2.